The van der Waals surface area contributed by atoms with Gasteiger partial charge in [0.15, 0.2) is 0 Å². The van der Waals surface area contributed by atoms with Gasteiger partial charge < -0.3 is 0 Å². The number of nitrogens with one attached hydrogen (secondary N) is 1. The molecule has 1 heterocycles. The molecule has 0 saturated heterocycles. The summed E-state index contributed by atoms with van der Waals surface area (Å²) in [7, 11) is 0. The largest absolute Gasteiger partial charge is 0.289 e. The fourth-order valence-electron chi connectivity index (χ4n) is 2.21. The topological polar surface area (TPSA) is 59.8 Å². The number of halogens is 2. The summed E-state index contributed by atoms with van der Waals surface area (Å²) in [5, 5.41) is 6.83. The lowest BCUT2D eigenvalue weighted by atomic mass is 10.1. The first-order valence-corrected chi connectivity index (χ1v) is 8.02. The molecule has 0 fully saturated rings. The average Bonchev–Trinajstić information content (AvgIpc) is 2.97. The van der Waals surface area contributed by atoms with Crippen LogP contribution in [0.5, 0.6) is 0 Å². The first kappa shape index (κ1) is 16.3. The van der Waals surface area contributed by atoms with Crippen molar-refractivity contribution in [3.05, 3.63) is 75.8 Å². The first-order chi connectivity index (χ1) is 11.5. The molecule has 1 amide bonds. The molecule has 0 radical (unpaired) electrons. The summed E-state index contributed by atoms with van der Waals surface area (Å²) in [5.41, 5.74) is 1.83. The van der Waals surface area contributed by atoms with E-state index in [0.29, 0.717) is 17.7 Å². The van der Waals surface area contributed by atoms with Crippen LogP contribution in [0.4, 0.5) is 10.3 Å². The number of nitrogens with zero attached hydrogens (tertiary/aromatic N) is 3. The van der Waals surface area contributed by atoms with Crippen molar-refractivity contribution in [2.24, 2.45) is 0 Å². The second-order valence-electron chi connectivity index (χ2n) is 5.31. The van der Waals surface area contributed by atoms with E-state index >= 15 is 0 Å². The van der Waals surface area contributed by atoms with E-state index in [1.54, 1.807) is 17.9 Å². The van der Waals surface area contributed by atoms with Crippen LogP contribution < -0.4 is 5.32 Å². The molecule has 7 heteroatoms. The molecule has 1 aromatic heterocycles. The van der Waals surface area contributed by atoms with Crippen LogP contribution in [0.1, 0.15) is 21.5 Å². The van der Waals surface area contributed by atoms with Gasteiger partial charge in [0.05, 0.1) is 6.54 Å². The number of benzene rings is 2. The minimum absolute atomic E-state index is 0.206. The number of anilines is 1. The Morgan fingerprint density at radius 1 is 1.29 bits per heavy atom. The van der Waals surface area contributed by atoms with Gasteiger partial charge in [0.2, 0.25) is 5.95 Å². The Bertz CT molecular complexity index is 894. The molecule has 3 aromatic rings. The lowest BCUT2D eigenvalue weighted by Crippen LogP contribution is -2.14. The number of aromatic nitrogens is 3. The van der Waals surface area contributed by atoms with Gasteiger partial charge in [-0.15, -0.1) is 5.10 Å². The molecular formula is C17H14BrFN4O. The van der Waals surface area contributed by atoms with Gasteiger partial charge in [0, 0.05) is 10.0 Å². The van der Waals surface area contributed by atoms with E-state index in [1.165, 1.54) is 18.2 Å². The molecule has 1 N–H and O–H groups in total. The Hall–Kier alpha value is -2.54. The quantitative estimate of drug-likeness (QED) is 0.739. The van der Waals surface area contributed by atoms with E-state index in [1.807, 2.05) is 24.3 Å². The van der Waals surface area contributed by atoms with Crippen molar-refractivity contribution < 1.29 is 9.18 Å². The monoisotopic (exact) mass is 388 g/mol. The standard InChI is InChI=1S/C17H14BrFN4O/c1-11-7-13(5-6-15(11)19)16(24)21-17-20-10-23(22-17)9-12-3-2-4-14(18)8-12/h2-8,10H,9H2,1H3,(H,21,22,24). The highest BCUT2D eigenvalue weighted by molar-refractivity contribution is 9.10. The number of rotatable bonds is 4. The van der Waals surface area contributed by atoms with Gasteiger partial charge >= 0.3 is 0 Å². The Labute approximate surface area is 146 Å². The number of hydrogen-bond acceptors (Lipinski definition) is 3. The summed E-state index contributed by atoms with van der Waals surface area (Å²) in [4.78, 5) is 16.2. The third-order valence-electron chi connectivity index (χ3n) is 3.42. The van der Waals surface area contributed by atoms with Gasteiger partial charge in [-0.05, 0) is 48.4 Å². The smallest absolute Gasteiger partial charge is 0.258 e. The molecule has 0 aliphatic heterocycles. The average molecular weight is 389 g/mol. The summed E-state index contributed by atoms with van der Waals surface area (Å²) in [5.74, 6) is -0.516. The minimum atomic E-state index is -0.377. The van der Waals surface area contributed by atoms with E-state index < -0.39 is 0 Å². The zero-order valence-electron chi connectivity index (χ0n) is 12.8. The van der Waals surface area contributed by atoms with E-state index in [2.05, 4.69) is 31.3 Å². The van der Waals surface area contributed by atoms with E-state index in [9.17, 15) is 9.18 Å². The third kappa shape index (κ3) is 3.86. The van der Waals surface area contributed by atoms with E-state index in [4.69, 9.17) is 0 Å². The molecule has 0 atom stereocenters. The predicted octanol–water partition coefficient (Wildman–Crippen LogP) is 3.79. The van der Waals surface area contributed by atoms with E-state index in [-0.39, 0.29) is 17.7 Å². The second-order valence-corrected chi connectivity index (χ2v) is 6.23. The Morgan fingerprint density at radius 3 is 2.88 bits per heavy atom. The van der Waals surface area contributed by atoms with Gasteiger partial charge in [0.1, 0.15) is 12.1 Å². The molecule has 0 aliphatic carbocycles. The first-order valence-electron chi connectivity index (χ1n) is 7.22. The fourth-order valence-corrected chi connectivity index (χ4v) is 2.66. The van der Waals surface area contributed by atoms with Crippen LogP contribution in [-0.2, 0) is 6.54 Å². The van der Waals surface area contributed by atoms with Gasteiger partial charge in [-0.1, -0.05) is 28.1 Å². The van der Waals surface area contributed by atoms with Crippen molar-refractivity contribution >= 4 is 27.8 Å². The normalized spacial score (nSPS) is 10.6. The third-order valence-corrected chi connectivity index (χ3v) is 3.91. The maximum Gasteiger partial charge on any atom is 0.258 e. The highest BCUT2D eigenvalue weighted by atomic mass is 79.9. The van der Waals surface area contributed by atoms with Crippen molar-refractivity contribution in [1.29, 1.82) is 0 Å². The lowest BCUT2D eigenvalue weighted by Gasteiger charge is -2.03. The second kappa shape index (κ2) is 6.92. The van der Waals surface area contributed by atoms with Crippen LogP contribution in [-0.4, -0.2) is 20.7 Å². The van der Waals surface area contributed by atoms with Crippen LogP contribution in [0.2, 0.25) is 0 Å². The van der Waals surface area contributed by atoms with Crippen LogP contribution in [0, 0.1) is 12.7 Å². The van der Waals surface area contributed by atoms with Gasteiger partial charge in [-0.2, -0.15) is 0 Å². The van der Waals surface area contributed by atoms with Crippen molar-refractivity contribution in [2.45, 2.75) is 13.5 Å². The van der Waals surface area contributed by atoms with Crippen molar-refractivity contribution in [3.63, 3.8) is 0 Å². The highest BCUT2D eigenvalue weighted by Crippen LogP contribution is 2.13. The van der Waals surface area contributed by atoms with E-state index in [0.717, 1.165) is 10.0 Å². The van der Waals surface area contributed by atoms with Crippen LogP contribution in [0.25, 0.3) is 0 Å². The predicted molar refractivity (Wildman–Crippen MR) is 92.4 cm³/mol. The SMILES string of the molecule is Cc1cc(C(=O)Nc2ncn(Cc3cccc(Br)c3)n2)ccc1F. The minimum Gasteiger partial charge on any atom is -0.289 e. The van der Waals surface area contributed by atoms with Crippen LogP contribution in [0.15, 0.2) is 53.3 Å². The van der Waals surface area contributed by atoms with Crippen molar-refractivity contribution in [1.82, 2.24) is 14.8 Å². The number of amides is 1. The zero-order chi connectivity index (χ0) is 17.1. The summed E-state index contributed by atoms with van der Waals surface area (Å²) in [6.45, 7) is 2.15. The summed E-state index contributed by atoms with van der Waals surface area (Å²) in [6.07, 6.45) is 1.55. The lowest BCUT2D eigenvalue weighted by molar-refractivity contribution is 0.102. The fraction of sp³-hybridized carbons (Fsp3) is 0.118. The Kier molecular flexibility index (Phi) is 4.71. The number of aryl methyl sites for hydroxylation is 1. The summed E-state index contributed by atoms with van der Waals surface area (Å²) in [6, 6.07) is 12.0. The molecule has 5 nitrogen and oxygen atoms in total. The molecule has 0 bridgehead atoms. The molecule has 2 aromatic carbocycles. The number of hydrogen-bond donors (Lipinski definition) is 1. The molecular weight excluding hydrogens is 375 g/mol. The molecule has 0 unspecified atom stereocenters. The molecule has 0 spiro atoms. The highest BCUT2D eigenvalue weighted by Gasteiger charge is 2.11. The number of carbonyl (C=O) groups is 1. The molecule has 3 rings (SSSR count). The zero-order valence-corrected chi connectivity index (χ0v) is 14.4. The summed E-state index contributed by atoms with van der Waals surface area (Å²) < 4.78 is 15.9. The Balaban J connectivity index is 1.69. The van der Waals surface area contributed by atoms with Gasteiger partial charge in [-0.25, -0.2) is 14.1 Å². The van der Waals surface area contributed by atoms with Crippen LogP contribution >= 0.6 is 15.9 Å². The Morgan fingerprint density at radius 2 is 2.12 bits per heavy atom. The number of carbonyl (C=O) groups excluding carboxylic acids is 1. The maximum atomic E-state index is 13.3. The summed E-state index contributed by atoms with van der Waals surface area (Å²) >= 11 is 3.42. The molecule has 24 heavy (non-hydrogen) atoms. The van der Waals surface area contributed by atoms with Gasteiger partial charge in [0.25, 0.3) is 5.91 Å². The maximum absolute atomic E-state index is 13.3. The van der Waals surface area contributed by atoms with Gasteiger partial charge in [-0.3, -0.25) is 10.1 Å². The molecule has 122 valence electrons. The molecule has 0 aliphatic rings. The molecule has 0 saturated carbocycles. The van der Waals surface area contributed by atoms with Crippen molar-refractivity contribution in [2.75, 3.05) is 5.32 Å². The van der Waals surface area contributed by atoms with Crippen molar-refractivity contribution in [3.8, 4) is 0 Å². The van der Waals surface area contributed by atoms with Crippen LogP contribution in [0.3, 0.4) is 0 Å².